The number of benzene rings is 1. The van der Waals surface area contributed by atoms with Crippen molar-refractivity contribution in [2.45, 2.75) is 6.42 Å². The molecule has 4 nitrogen and oxygen atoms in total. The average molecular weight is 204 g/mol. The standard InChI is InChI=1S/C10H5FN2O2/c11-10-6(3-9(14)15)1-2-7(4-12)8(10)5-13/h1-2H,3H2,(H,14,15). The van der Waals surface area contributed by atoms with Crippen LogP contribution in [0.5, 0.6) is 0 Å². The van der Waals surface area contributed by atoms with Crippen LogP contribution in [0.25, 0.3) is 0 Å². The molecule has 0 aliphatic heterocycles. The fourth-order valence-electron chi connectivity index (χ4n) is 1.12. The van der Waals surface area contributed by atoms with E-state index >= 15 is 0 Å². The van der Waals surface area contributed by atoms with Gasteiger partial charge in [0.1, 0.15) is 23.5 Å². The first-order chi connectivity index (χ1) is 7.10. The van der Waals surface area contributed by atoms with Crippen LogP contribution in [0.15, 0.2) is 12.1 Å². The summed E-state index contributed by atoms with van der Waals surface area (Å²) in [6.45, 7) is 0. The zero-order valence-corrected chi connectivity index (χ0v) is 7.49. The lowest BCUT2D eigenvalue weighted by Gasteiger charge is -2.02. The molecule has 0 aromatic heterocycles. The van der Waals surface area contributed by atoms with Gasteiger partial charge in [-0.3, -0.25) is 4.79 Å². The Kier molecular flexibility index (Phi) is 3.00. The van der Waals surface area contributed by atoms with Gasteiger partial charge >= 0.3 is 5.97 Å². The highest BCUT2D eigenvalue weighted by Gasteiger charge is 2.14. The third-order valence-corrected chi connectivity index (χ3v) is 1.80. The number of hydrogen-bond acceptors (Lipinski definition) is 3. The van der Waals surface area contributed by atoms with Crippen molar-refractivity contribution >= 4 is 5.97 Å². The topological polar surface area (TPSA) is 84.9 Å². The van der Waals surface area contributed by atoms with E-state index in [0.717, 1.165) is 0 Å². The number of nitrogens with zero attached hydrogens (tertiary/aromatic N) is 2. The van der Waals surface area contributed by atoms with E-state index in [9.17, 15) is 9.18 Å². The summed E-state index contributed by atoms with van der Waals surface area (Å²) >= 11 is 0. The molecule has 0 saturated carbocycles. The van der Waals surface area contributed by atoms with Crippen molar-refractivity contribution in [3.05, 3.63) is 34.6 Å². The second kappa shape index (κ2) is 4.21. The molecular weight excluding hydrogens is 199 g/mol. The lowest BCUT2D eigenvalue weighted by atomic mass is 10.0. The Labute approximate surface area is 84.8 Å². The van der Waals surface area contributed by atoms with Crippen LogP contribution in [-0.2, 0) is 11.2 Å². The zero-order valence-electron chi connectivity index (χ0n) is 7.49. The second-order valence-electron chi connectivity index (χ2n) is 2.76. The highest BCUT2D eigenvalue weighted by molar-refractivity contribution is 5.70. The number of carboxylic acids is 1. The van der Waals surface area contributed by atoms with Gasteiger partial charge in [0.15, 0.2) is 0 Å². The number of carbonyl (C=O) groups is 1. The summed E-state index contributed by atoms with van der Waals surface area (Å²) in [7, 11) is 0. The van der Waals surface area contributed by atoms with Crippen molar-refractivity contribution in [1.29, 1.82) is 10.5 Å². The normalized spacial score (nSPS) is 9.00. The van der Waals surface area contributed by atoms with Crippen LogP contribution in [0.2, 0.25) is 0 Å². The van der Waals surface area contributed by atoms with Crippen LogP contribution in [0.4, 0.5) is 4.39 Å². The number of rotatable bonds is 2. The van der Waals surface area contributed by atoms with Gasteiger partial charge in [0.05, 0.1) is 12.0 Å². The molecule has 0 aliphatic rings. The fourth-order valence-corrected chi connectivity index (χ4v) is 1.12. The van der Waals surface area contributed by atoms with Gasteiger partial charge in [-0.25, -0.2) is 4.39 Å². The number of nitriles is 2. The average Bonchev–Trinajstić information content (AvgIpc) is 2.20. The largest absolute Gasteiger partial charge is 0.481 e. The quantitative estimate of drug-likeness (QED) is 0.784. The zero-order chi connectivity index (χ0) is 11.4. The third kappa shape index (κ3) is 2.09. The van der Waals surface area contributed by atoms with Gasteiger partial charge in [-0.15, -0.1) is 0 Å². The van der Waals surface area contributed by atoms with E-state index in [1.54, 1.807) is 6.07 Å². The number of hydrogen-bond donors (Lipinski definition) is 1. The van der Waals surface area contributed by atoms with Crippen LogP contribution >= 0.6 is 0 Å². The van der Waals surface area contributed by atoms with Crippen molar-refractivity contribution in [3.8, 4) is 12.1 Å². The van der Waals surface area contributed by atoms with Gasteiger partial charge in [-0.05, 0) is 6.07 Å². The summed E-state index contributed by atoms with van der Waals surface area (Å²) in [5.41, 5.74) is -0.599. The summed E-state index contributed by atoms with van der Waals surface area (Å²) in [4.78, 5) is 10.4. The summed E-state index contributed by atoms with van der Waals surface area (Å²) in [6.07, 6.45) is -0.508. The Morgan fingerprint density at radius 1 is 1.40 bits per heavy atom. The summed E-state index contributed by atoms with van der Waals surface area (Å²) in [6, 6.07) is 5.63. The molecule has 74 valence electrons. The number of halogens is 1. The van der Waals surface area contributed by atoms with E-state index in [1.807, 2.05) is 0 Å². The summed E-state index contributed by atoms with van der Waals surface area (Å²) in [5, 5.41) is 25.6. The first-order valence-electron chi connectivity index (χ1n) is 3.93. The van der Waals surface area contributed by atoms with Crippen LogP contribution in [0, 0.1) is 28.5 Å². The van der Waals surface area contributed by atoms with Crippen LogP contribution in [-0.4, -0.2) is 11.1 Å². The maximum Gasteiger partial charge on any atom is 0.307 e. The fraction of sp³-hybridized carbons (Fsp3) is 0.100. The maximum absolute atomic E-state index is 13.4. The van der Waals surface area contributed by atoms with E-state index in [-0.39, 0.29) is 11.1 Å². The summed E-state index contributed by atoms with van der Waals surface area (Å²) in [5.74, 6) is -2.12. The minimum atomic E-state index is -1.19. The van der Waals surface area contributed by atoms with Gasteiger partial charge < -0.3 is 5.11 Å². The molecule has 0 atom stereocenters. The molecule has 0 fully saturated rings. The van der Waals surface area contributed by atoms with E-state index in [4.69, 9.17) is 15.6 Å². The minimum absolute atomic E-state index is 0.0934. The molecule has 0 heterocycles. The van der Waals surface area contributed by atoms with E-state index in [0.29, 0.717) is 0 Å². The minimum Gasteiger partial charge on any atom is -0.481 e. The molecule has 15 heavy (non-hydrogen) atoms. The first-order valence-corrected chi connectivity index (χ1v) is 3.93. The van der Waals surface area contributed by atoms with Gasteiger partial charge in [-0.1, -0.05) is 6.07 Å². The molecule has 1 N–H and O–H groups in total. The van der Waals surface area contributed by atoms with Gasteiger partial charge in [0.25, 0.3) is 0 Å². The van der Waals surface area contributed by atoms with E-state index < -0.39 is 23.8 Å². The Balaban J connectivity index is 3.32. The van der Waals surface area contributed by atoms with Crippen molar-refractivity contribution in [2.75, 3.05) is 0 Å². The number of carboxylic acid groups (broad SMARTS) is 1. The van der Waals surface area contributed by atoms with Crippen molar-refractivity contribution in [1.82, 2.24) is 0 Å². The van der Waals surface area contributed by atoms with Crippen LogP contribution in [0.3, 0.4) is 0 Å². The molecule has 5 heteroatoms. The van der Waals surface area contributed by atoms with Gasteiger partial charge in [-0.2, -0.15) is 10.5 Å². The molecule has 0 saturated heterocycles. The van der Waals surface area contributed by atoms with E-state index in [2.05, 4.69) is 0 Å². The molecule has 0 radical (unpaired) electrons. The molecule has 0 aliphatic carbocycles. The third-order valence-electron chi connectivity index (χ3n) is 1.80. The van der Waals surface area contributed by atoms with Crippen molar-refractivity contribution in [3.63, 3.8) is 0 Å². The lowest BCUT2D eigenvalue weighted by Crippen LogP contribution is -2.04. The second-order valence-corrected chi connectivity index (χ2v) is 2.76. The molecule has 1 rings (SSSR count). The van der Waals surface area contributed by atoms with Gasteiger partial charge in [0, 0.05) is 5.56 Å². The van der Waals surface area contributed by atoms with Crippen molar-refractivity contribution in [2.24, 2.45) is 0 Å². The smallest absolute Gasteiger partial charge is 0.307 e. The molecule has 0 bridgehead atoms. The first kappa shape index (κ1) is 10.7. The number of aliphatic carboxylic acids is 1. The molecule has 1 aromatic rings. The monoisotopic (exact) mass is 204 g/mol. The lowest BCUT2D eigenvalue weighted by molar-refractivity contribution is -0.136. The highest BCUT2D eigenvalue weighted by Crippen LogP contribution is 2.17. The van der Waals surface area contributed by atoms with Gasteiger partial charge in [0.2, 0.25) is 0 Å². The molecular formula is C10H5FN2O2. The molecule has 1 aromatic carbocycles. The van der Waals surface area contributed by atoms with Crippen LogP contribution in [0.1, 0.15) is 16.7 Å². The Morgan fingerprint density at radius 2 is 2.07 bits per heavy atom. The predicted molar refractivity (Wildman–Crippen MR) is 47.2 cm³/mol. The predicted octanol–water partition coefficient (Wildman–Crippen LogP) is 1.20. The molecule has 0 unspecified atom stereocenters. The molecule has 0 amide bonds. The Bertz CT molecular complexity index is 497. The molecule has 0 spiro atoms. The Hall–Kier alpha value is -2.40. The summed E-state index contributed by atoms with van der Waals surface area (Å²) < 4.78 is 13.4. The van der Waals surface area contributed by atoms with E-state index in [1.165, 1.54) is 18.2 Å². The Morgan fingerprint density at radius 3 is 2.53 bits per heavy atom. The highest BCUT2D eigenvalue weighted by atomic mass is 19.1. The SMILES string of the molecule is N#Cc1ccc(CC(=O)O)c(F)c1C#N. The van der Waals surface area contributed by atoms with Crippen LogP contribution < -0.4 is 0 Å². The van der Waals surface area contributed by atoms with Crippen molar-refractivity contribution < 1.29 is 14.3 Å². The maximum atomic E-state index is 13.4.